The summed E-state index contributed by atoms with van der Waals surface area (Å²) in [5.41, 5.74) is 1.47. The van der Waals surface area contributed by atoms with E-state index in [4.69, 9.17) is 9.72 Å². The Morgan fingerprint density at radius 2 is 2.00 bits per heavy atom. The SMILES string of the molecule is COC(c1nc(C2CC2)c(CNC(C)(C)C)s1)C(C)C. The smallest absolute Gasteiger partial charge is 0.122 e. The molecule has 1 aliphatic carbocycles. The van der Waals surface area contributed by atoms with E-state index in [1.165, 1.54) is 23.4 Å². The fourth-order valence-corrected chi connectivity index (χ4v) is 3.65. The van der Waals surface area contributed by atoms with E-state index in [2.05, 4.69) is 39.9 Å². The molecule has 2 rings (SSSR count). The van der Waals surface area contributed by atoms with Crippen LogP contribution in [0.2, 0.25) is 0 Å². The molecule has 1 atom stereocenters. The van der Waals surface area contributed by atoms with Gasteiger partial charge in [-0.3, -0.25) is 0 Å². The van der Waals surface area contributed by atoms with E-state index in [9.17, 15) is 0 Å². The maximum absolute atomic E-state index is 5.64. The van der Waals surface area contributed by atoms with Crippen LogP contribution in [0.3, 0.4) is 0 Å². The molecule has 0 aromatic carbocycles. The summed E-state index contributed by atoms with van der Waals surface area (Å²) in [4.78, 5) is 6.32. The first-order valence-corrected chi connectivity index (χ1v) is 8.40. The molecular weight excluding hydrogens is 268 g/mol. The molecule has 114 valence electrons. The van der Waals surface area contributed by atoms with Crippen molar-refractivity contribution in [3.8, 4) is 0 Å². The minimum Gasteiger partial charge on any atom is -0.374 e. The van der Waals surface area contributed by atoms with Gasteiger partial charge in [0.25, 0.3) is 0 Å². The van der Waals surface area contributed by atoms with E-state index < -0.39 is 0 Å². The van der Waals surface area contributed by atoms with E-state index in [0.717, 1.165) is 11.6 Å². The predicted molar refractivity (Wildman–Crippen MR) is 85.3 cm³/mol. The Morgan fingerprint density at radius 1 is 1.35 bits per heavy atom. The van der Waals surface area contributed by atoms with Crippen molar-refractivity contribution >= 4 is 11.3 Å². The molecule has 0 spiro atoms. The number of hydrogen-bond donors (Lipinski definition) is 1. The van der Waals surface area contributed by atoms with Gasteiger partial charge in [0.2, 0.25) is 0 Å². The van der Waals surface area contributed by atoms with E-state index in [1.807, 2.05) is 11.3 Å². The average molecular weight is 296 g/mol. The van der Waals surface area contributed by atoms with Gasteiger partial charge in [-0.05, 0) is 39.5 Å². The van der Waals surface area contributed by atoms with Gasteiger partial charge in [-0.25, -0.2) is 4.98 Å². The molecule has 4 heteroatoms. The number of methoxy groups -OCH3 is 1. The van der Waals surface area contributed by atoms with Crippen molar-refractivity contribution in [3.63, 3.8) is 0 Å². The fourth-order valence-electron chi connectivity index (χ4n) is 2.31. The Morgan fingerprint density at radius 3 is 2.45 bits per heavy atom. The molecule has 0 radical (unpaired) electrons. The molecule has 1 aliphatic rings. The van der Waals surface area contributed by atoms with Crippen LogP contribution >= 0.6 is 11.3 Å². The van der Waals surface area contributed by atoms with Crippen molar-refractivity contribution in [2.45, 2.75) is 71.6 Å². The van der Waals surface area contributed by atoms with Crippen LogP contribution in [-0.2, 0) is 11.3 Å². The lowest BCUT2D eigenvalue weighted by Crippen LogP contribution is -2.35. The van der Waals surface area contributed by atoms with Crippen LogP contribution in [0.5, 0.6) is 0 Å². The molecule has 0 saturated heterocycles. The Hall–Kier alpha value is -0.450. The second kappa shape index (κ2) is 6.12. The van der Waals surface area contributed by atoms with Crippen LogP contribution in [-0.4, -0.2) is 17.6 Å². The van der Waals surface area contributed by atoms with Gasteiger partial charge in [-0.1, -0.05) is 13.8 Å². The van der Waals surface area contributed by atoms with Crippen LogP contribution in [0.4, 0.5) is 0 Å². The Kier molecular flexibility index (Phi) is 4.88. The van der Waals surface area contributed by atoms with Gasteiger partial charge in [-0.2, -0.15) is 0 Å². The molecule has 1 aromatic rings. The third kappa shape index (κ3) is 4.03. The summed E-state index contributed by atoms with van der Waals surface area (Å²) in [6.45, 7) is 11.9. The van der Waals surface area contributed by atoms with Crippen LogP contribution in [0.15, 0.2) is 0 Å². The predicted octanol–water partition coefficient (Wildman–Crippen LogP) is 4.25. The lowest BCUT2D eigenvalue weighted by atomic mass is 10.1. The first-order valence-electron chi connectivity index (χ1n) is 7.59. The highest BCUT2D eigenvalue weighted by Crippen LogP contribution is 2.44. The molecular formula is C16H28N2OS. The van der Waals surface area contributed by atoms with Crippen LogP contribution in [0.1, 0.15) is 75.1 Å². The van der Waals surface area contributed by atoms with Gasteiger partial charge < -0.3 is 10.1 Å². The van der Waals surface area contributed by atoms with Gasteiger partial charge >= 0.3 is 0 Å². The Bertz CT molecular complexity index is 444. The van der Waals surface area contributed by atoms with Gasteiger partial charge in [0.1, 0.15) is 11.1 Å². The molecule has 1 fully saturated rings. The number of hydrogen-bond acceptors (Lipinski definition) is 4. The summed E-state index contributed by atoms with van der Waals surface area (Å²) in [7, 11) is 1.79. The summed E-state index contributed by atoms with van der Waals surface area (Å²) in [5.74, 6) is 1.16. The normalized spacial score (nSPS) is 17.8. The van der Waals surface area contributed by atoms with Crippen LogP contribution in [0.25, 0.3) is 0 Å². The number of nitrogens with zero attached hydrogens (tertiary/aromatic N) is 1. The Balaban J connectivity index is 2.19. The molecule has 0 aliphatic heterocycles. The topological polar surface area (TPSA) is 34.1 Å². The first kappa shape index (κ1) is 15.9. The van der Waals surface area contributed by atoms with Gasteiger partial charge in [0.05, 0.1) is 5.69 Å². The number of nitrogens with one attached hydrogen (secondary N) is 1. The minimum atomic E-state index is 0.126. The molecule has 1 unspecified atom stereocenters. The second-order valence-electron chi connectivity index (χ2n) is 7.14. The Labute approximate surface area is 127 Å². The molecule has 1 saturated carbocycles. The van der Waals surface area contributed by atoms with E-state index in [-0.39, 0.29) is 11.6 Å². The van der Waals surface area contributed by atoms with E-state index in [1.54, 1.807) is 7.11 Å². The highest BCUT2D eigenvalue weighted by molar-refractivity contribution is 7.11. The maximum atomic E-state index is 5.64. The number of ether oxygens (including phenoxy) is 1. The molecule has 20 heavy (non-hydrogen) atoms. The minimum absolute atomic E-state index is 0.126. The zero-order valence-corrected chi connectivity index (χ0v) is 14.4. The van der Waals surface area contributed by atoms with Crippen molar-refractivity contribution in [1.82, 2.24) is 10.3 Å². The van der Waals surface area contributed by atoms with Crippen molar-refractivity contribution in [2.24, 2.45) is 5.92 Å². The quantitative estimate of drug-likeness (QED) is 0.852. The second-order valence-corrected chi connectivity index (χ2v) is 8.25. The van der Waals surface area contributed by atoms with Crippen molar-refractivity contribution < 1.29 is 4.74 Å². The number of aromatic nitrogens is 1. The molecule has 0 bridgehead atoms. The standard InChI is InChI=1S/C16H28N2OS/c1-10(2)14(19-6)15-18-13(11-7-8-11)12(20-15)9-17-16(3,4)5/h10-11,14,17H,7-9H2,1-6H3. The summed E-state index contributed by atoms with van der Waals surface area (Å²) < 4.78 is 5.64. The lowest BCUT2D eigenvalue weighted by molar-refractivity contribution is 0.0643. The molecule has 1 aromatic heterocycles. The summed E-state index contributed by atoms with van der Waals surface area (Å²) in [5, 5.41) is 4.74. The zero-order chi connectivity index (χ0) is 14.9. The largest absolute Gasteiger partial charge is 0.374 e. The summed E-state index contributed by atoms with van der Waals surface area (Å²) in [6.07, 6.45) is 2.72. The molecule has 1 heterocycles. The highest BCUT2D eigenvalue weighted by Gasteiger charge is 2.31. The zero-order valence-electron chi connectivity index (χ0n) is 13.6. The van der Waals surface area contributed by atoms with Crippen molar-refractivity contribution in [1.29, 1.82) is 0 Å². The molecule has 0 amide bonds. The lowest BCUT2D eigenvalue weighted by Gasteiger charge is -2.20. The average Bonchev–Trinajstić information content (AvgIpc) is 3.08. The van der Waals surface area contributed by atoms with E-state index in [0.29, 0.717) is 11.8 Å². The third-order valence-corrected chi connectivity index (χ3v) is 4.72. The third-order valence-electron chi connectivity index (χ3n) is 3.59. The highest BCUT2D eigenvalue weighted by atomic mass is 32.1. The van der Waals surface area contributed by atoms with Crippen LogP contribution in [0, 0.1) is 5.92 Å². The summed E-state index contributed by atoms with van der Waals surface area (Å²) in [6, 6.07) is 0. The van der Waals surface area contributed by atoms with Gasteiger partial charge in [0, 0.05) is 30.0 Å². The van der Waals surface area contributed by atoms with Crippen LogP contribution < -0.4 is 5.32 Å². The van der Waals surface area contributed by atoms with E-state index >= 15 is 0 Å². The van der Waals surface area contributed by atoms with Crippen molar-refractivity contribution in [3.05, 3.63) is 15.6 Å². The first-order chi connectivity index (χ1) is 9.31. The van der Waals surface area contributed by atoms with Gasteiger partial charge in [0.15, 0.2) is 0 Å². The molecule has 3 nitrogen and oxygen atoms in total. The molecule has 1 N–H and O–H groups in total. The number of thiazole rings is 1. The fraction of sp³-hybridized carbons (Fsp3) is 0.812. The van der Waals surface area contributed by atoms with Gasteiger partial charge in [-0.15, -0.1) is 11.3 Å². The maximum Gasteiger partial charge on any atom is 0.122 e. The monoisotopic (exact) mass is 296 g/mol. The van der Waals surface area contributed by atoms with Crippen molar-refractivity contribution in [2.75, 3.05) is 7.11 Å². The summed E-state index contributed by atoms with van der Waals surface area (Å²) >= 11 is 1.83. The number of rotatable bonds is 6.